The van der Waals surface area contributed by atoms with Crippen molar-refractivity contribution in [3.63, 3.8) is 0 Å². The number of nitrogens with zero attached hydrogens (tertiary/aromatic N) is 1. The highest BCUT2D eigenvalue weighted by molar-refractivity contribution is 5.66. The molecule has 30 heavy (non-hydrogen) atoms. The normalized spacial score (nSPS) is 28.5. The number of fused-ring (bicyclic) bond motifs is 3. The van der Waals surface area contributed by atoms with Gasteiger partial charge in [0.2, 0.25) is 0 Å². The van der Waals surface area contributed by atoms with Gasteiger partial charge in [-0.25, -0.2) is 0 Å². The average Bonchev–Trinajstić information content (AvgIpc) is 2.72. The summed E-state index contributed by atoms with van der Waals surface area (Å²) in [7, 11) is 0. The van der Waals surface area contributed by atoms with Crippen LogP contribution in [-0.2, 0) is 21.4 Å². The summed E-state index contributed by atoms with van der Waals surface area (Å²) in [6.45, 7) is 11.5. The van der Waals surface area contributed by atoms with Crippen LogP contribution in [-0.4, -0.2) is 37.7 Å². The van der Waals surface area contributed by atoms with E-state index in [0.717, 1.165) is 6.42 Å². The number of hydrogen-bond donors (Lipinski definition) is 1. The molecule has 0 bridgehead atoms. The van der Waals surface area contributed by atoms with E-state index in [1.807, 2.05) is 0 Å². The fraction of sp³-hybridized carbons (Fsp3) is 0.731. The van der Waals surface area contributed by atoms with Crippen LogP contribution in [0, 0.1) is 11.3 Å². The third-order valence-corrected chi connectivity index (χ3v) is 7.48. The largest absolute Gasteiger partial charge is 0.396 e. The molecule has 1 unspecified atom stereocenters. The van der Waals surface area contributed by atoms with Crippen LogP contribution in [0.2, 0.25) is 0 Å². The van der Waals surface area contributed by atoms with Gasteiger partial charge in [0.25, 0.3) is 0 Å². The lowest BCUT2D eigenvalue weighted by Gasteiger charge is -2.54. The van der Waals surface area contributed by atoms with E-state index in [1.54, 1.807) is 11.1 Å². The Hall–Kier alpha value is -1.39. The van der Waals surface area contributed by atoms with Crippen molar-refractivity contribution < 1.29 is 14.7 Å². The summed E-state index contributed by atoms with van der Waals surface area (Å²) in [5.41, 5.74) is 4.91. The van der Waals surface area contributed by atoms with Crippen LogP contribution in [0.4, 0.5) is 0 Å². The van der Waals surface area contributed by atoms with Gasteiger partial charge in [-0.1, -0.05) is 57.5 Å². The molecule has 1 N–H and O–H groups in total. The van der Waals surface area contributed by atoms with Crippen LogP contribution < -0.4 is 0 Å². The van der Waals surface area contributed by atoms with E-state index >= 15 is 0 Å². The van der Waals surface area contributed by atoms with Gasteiger partial charge in [0.1, 0.15) is 6.61 Å². The molecule has 168 valence electrons. The fourth-order valence-corrected chi connectivity index (χ4v) is 5.78. The zero-order chi connectivity index (χ0) is 21.6. The summed E-state index contributed by atoms with van der Waals surface area (Å²) in [6, 6.07) is 7.24. The van der Waals surface area contributed by atoms with Crippen molar-refractivity contribution in [1.29, 1.82) is 0 Å². The minimum Gasteiger partial charge on any atom is -0.396 e. The summed E-state index contributed by atoms with van der Waals surface area (Å²) < 4.78 is 5.44. The number of aliphatic hydroxyl groups excluding tert-OH is 1. The van der Waals surface area contributed by atoms with Crippen molar-refractivity contribution in [1.82, 2.24) is 0 Å². The lowest BCUT2D eigenvalue weighted by atomic mass is 9.50. The van der Waals surface area contributed by atoms with Crippen LogP contribution in [0.25, 0.3) is 0 Å². The SMILES string of the molecule is CC(C)c1ccc2c(c1)CCC1[C@@](C)(C=NOCCCOCCCO)CCC[C@]21C. The third kappa shape index (κ3) is 5.08. The molecule has 1 fully saturated rings. The number of oxime groups is 1. The topological polar surface area (TPSA) is 51.0 Å². The number of benzene rings is 1. The Morgan fingerprint density at radius 1 is 1.17 bits per heavy atom. The van der Waals surface area contributed by atoms with Gasteiger partial charge in [-0.15, -0.1) is 0 Å². The summed E-state index contributed by atoms with van der Waals surface area (Å²) in [4.78, 5) is 5.57. The molecule has 1 saturated carbocycles. The van der Waals surface area contributed by atoms with Crippen LogP contribution in [0.5, 0.6) is 0 Å². The molecule has 4 nitrogen and oxygen atoms in total. The fourth-order valence-electron chi connectivity index (χ4n) is 5.78. The van der Waals surface area contributed by atoms with Crippen LogP contribution in [0.1, 0.15) is 88.8 Å². The number of aliphatic hydroxyl groups is 1. The number of rotatable bonds is 10. The van der Waals surface area contributed by atoms with Gasteiger partial charge in [0.05, 0.1) is 0 Å². The predicted molar refractivity (Wildman–Crippen MR) is 123 cm³/mol. The minimum absolute atomic E-state index is 0.0824. The first-order chi connectivity index (χ1) is 14.4. The molecule has 0 amide bonds. The first-order valence-corrected chi connectivity index (χ1v) is 11.9. The first kappa shape index (κ1) is 23.3. The molecule has 0 aliphatic heterocycles. The smallest absolute Gasteiger partial charge is 0.119 e. The summed E-state index contributed by atoms with van der Waals surface area (Å²) in [5, 5.41) is 13.1. The Morgan fingerprint density at radius 2 is 1.97 bits per heavy atom. The summed E-state index contributed by atoms with van der Waals surface area (Å²) in [6.07, 6.45) is 9.71. The highest BCUT2D eigenvalue weighted by Crippen LogP contribution is 2.56. The number of ether oxygens (including phenoxy) is 1. The zero-order valence-corrected chi connectivity index (χ0v) is 19.5. The van der Waals surface area contributed by atoms with Gasteiger partial charge in [-0.3, -0.25) is 0 Å². The Labute approximate surface area is 183 Å². The minimum atomic E-state index is 0.0824. The monoisotopic (exact) mass is 415 g/mol. The predicted octanol–water partition coefficient (Wildman–Crippen LogP) is 5.61. The molecule has 1 aromatic carbocycles. The van der Waals surface area contributed by atoms with E-state index in [0.29, 0.717) is 38.1 Å². The first-order valence-electron chi connectivity index (χ1n) is 11.9. The molecule has 3 rings (SSSR count). The summed E-state index contributed by atoms with van der Waals surface area (Å²) in [5.74, 6) is 1.19. The molecule has 0 spiro atoms. The standard InChI is InChI=1S/C26H41NO3/c1-20(2)21-8-10-23-22(18-21)9-11-24-25(3,12-5-13-26(23,24)4)19-27-30-17-7-16-29-15-6-14-28/h8,10,18-20,24,28H,5-7,9,11-17H2,1-4H3/t24?,25-,26-/m1/s1. The highest BCUT2D eigenvalue weighted by atomic mass is 16.6. The highest BCUT2D eigenvalue weighted by Gasteiger charge is 2.51. The molecule has 4 heteroatoms. The molecule has 0 saturated heterocycles. The number of aryl methyl sites for hydroxylation is 1. The van der Waals surface area contributed by atoms with E-state index < -0.39 is 0 Å². The van der Waals surface area contributed by atoms with Crippen molar-refractivity contribution in [2.24, 2.45) is 16.5 Å². The van der Waals surface area contributed by atoms with Gasteiger partial charge in [-0.2, -0.15) is 0 Å². The maximum Gasteiger partial charge on any atom is 0.119 e. The second kappa shape index (κ2) is 10.3. The maximum atomic E-state index is 8.75. The molecule has 0 aromatic heterocycles. The van der Waals surface area contributed by atoms with Crippen molar-refractivity contribution in [3.05, 3.63) is 34.9 Å². The Kier molecular flexibility index (Phi) is 7.98. The van der Waals surface area contributed by atoms with Gasteiger partial charge in [0.15, 0.2) is 0 Å². The lowest BCUT2D eigenvalue weighted by molar-refractivity contribution is 0.0660. The Balaban J connectivity index is 1.62. The summed E-state index contributed by atoms with van der Waals surface area (Å²) >= 11 is 0. The Bertz CT molecular complexity index is 716. The zero-order valence-electron chi connectivity index (χ0n) is 19.5. The van der Waals surface area contributed by atoms with E-state index in [2.05, 4.69) is 57.3 Å². The van der Waals surface area contributed by atoms with Crippen molar-refractivity contribution >= 4 is 6.21 Å². The molecule has 3 atom stereocenters. The third-order valence-electron chi connectivity index (χ3n) is 7.48. The van der Waals surface area contributed by atoms with E-state index in [1.165, 1.54) is 37.7 Å². The van der Waals surface area contributed by atoms with Crippen LogP contribution in [0.15, 0.2) is 23.4 Å². The average molecular weight is 416 g/mol. The van der Waals surface area contributed by atoms with E-state index in [-0.39, 0.29) is 17.4 Å². The maximum absolute atomic E-state index is 8.75. The van der Waals surface area contributed by atoms with Gasteiger partial charge >= 0.3 is 0 Å². The molecule has 2 aliphatic rings. The van der Waals surface area contributed by atoms with Gasteiger partial charge in [-0.05, 0) is 66.0 Å². The second-order valence-corrected chi connectivity index (χ2v) is 10.1. The molecule has 0 heterocycles. The quantitative estimate of drug-likeness (QED) is 0.307. The molecule has 1 aromatic rings. The van der Waals surface area contributed by atoms with Gasteiger partial charge in [0, 0.05) is 37.9 Å². The van der Waals surface area contributed by atoms with Crippen molar-refractivity contribution in [2.45, 2.75) is 84.0 Å². The van der Waals surface area contributed by atoms with Crippen molar-refractivity contribution in [3.8, 4) is 0 Å². The van der Waals surface area contributed by atoms with Crippen LogP contribution >= 0.6 is 0 Å². The van der Waals surface area contributed by atoms with Crippen LogP contribution in [0.3, 0.4) is 0 Å². The Morgan fingerprint density at radius 3 is 2.73 bits per heavy atom. The van der Waals surface area contributed by atoms with E-state index in [9.17, 15) is 0 Å². The molecule has 2 aliphatic carbocycles. The molecular formula is C26H41NO3. The van der Waals surface area contributed by atoms with Crippen molar-refractivity contribution in [2.75, 3.05) is 26.4 Å². The molecular weight excluding hydrogens is 374 g/mol. The van der Waals surface area contributed by atoms with E-state index in [4.69, 9.17) is 14.7 Å². The number of hydrogen-bond acceptors (Lipinski definition) is 4. The lowest BCUT2D eigenvalue weighted by Crippen LogP contribution is -2.49. The van der Waals surface area contributed by atoms with Gasteiger partial charge < -0.3 is 14.7 Å². The molecule has 0 radical (unpaired) electrons. The second-order valence-electron chi connectivity index (χ2n) is 10.1.